The Balaban J connectivity index is 2.32. The van der Waals surface area contributed by atoms with E-state index >= 15 is 0 Å². The summed E-state index contributed by atoms with van der Waals surface area (Å²) in [7, 11) is 0. The van der Waals surface area contributed by atoms with E-state index < -0.39 is 0 Å². The van der Waals surface area contributed by atoms with Gasteiger partial charge in [-0.05, 0) is 24.8 Å². The minimum atomic E-state index is 0.213. The van der Waals surface area contributed by atoms with Crippen LogP contribution >= 0.6 is 0 Å². The van der Waals surface area contributed by atoms with Gasteiger partial charge in [0, 0.05) is 32.4 Å². The third kappa shape index (κ3) is 1.90. The first-order valence-corrected chi connectivity index (χ1v) is 5.09. The van der Waals surface area contributed by atoms with E-state index in [1.807, 2.05) is 0 Å². The highest BCUT2D eigenvalue weighted by Crippen LogP contribution is 2.39. The molecule has 1 aromatic heterocycles. The first-order chi connectivity index (χ1) is 6.07. The summed E-state index contributed by atoms with van der Waals surface area (Å²) in [5, 5.41) is 0. The van der Waals surface area contributed by atoms with Crippen molar-refractivity contribution in [2.75, 3.05) is 0 Å². The van der Waals surface area contributed by atoms with Crippen molar-refractivity contribution < 1.29 is 4.57 Å². The number of hydrogen-bond donors (Lipinski definition) is 0. The van der Waals surface area contributed by atoms with Gasteiger partial charge in [0.1, 0.15) is 0 Å². The standard InChI is InChI=1S/C12H18N/c1-12(2,3)13-8-4-5-11(9-13)10-6-7-10/h4-5,8-10H,6-7H2,1-3H3/q+1. The van der Waals surface area contributed by atoms with Crippen LogP contribution in [0.5, 0.6) is 0 Å². The molecule has 0 spiro atoms. The molecule has 1 nitrogen and oxygen atoms in total. The van der Waals surface area contributed by atoms with Gasteiger partial charge in [-0.25, -0.2) is 4.57 Å². The number of rotatable bonds is 1. The molecule has 1 heteroatoms. The number of hydrogen-bond acceptors (Lipinski definition) is 0. The van der Waals surface area contributed by atoms with Crippen LogP contribution in [0.25, 0.3) is 0 Å². The van der Waals surface area contributed by atoms with Crippen molar-refractivity contribution in [1.29, 1.82) is 0 Å². The topological polar surface area (TPSA) is 3.88 Å². The Hall–Kier alpha value is -0.850. The maximum atomic E-state index is 2.31. The summed E-state index contributed by atoms with van der Waals surface area (Å²) >= 11 is 0. The largest absolute Gasteiger partial charge is 0.200 e. The molecule has 0 aliphatic heterocycles. The monoisotopic (exact) mass is 176 g/mol. The summed E-state index contributed by atoms with van der Waals surface area (Å²) < 4.78 is 2.31. The number of nitrogens with zero attached hydrogens (tertiary/aromatic N) is 1. The molecule has 0 amide bonds. The van der Waals surface area contributed by atoms with E-state index in [0.717, 1.165) is 5.92 Å². The highest BCUT2D eigenvalue weighted by atomic mass is 15.0. The van der Waals surface area contributed by atoms with E-state index in [0.29, 0.717) is 0 Å². The smallest absolute Gasteiger partial charge is 0.172 e. The zero-order valence-corrected chi connectivity index (χ0v) is 8.75. The van der Waals surface area contributed by atoms with Crippen molar-refractivity contribution in [2.45, 2.75) is 45.1 Å². The summed E-state index contributed by atoms with van der Waals surface area (Å²) in [5.41, 5.74) is 1.72. The normalized spacial score (nSPS) is 17.5. The summed E-state index contributed by atoms with van der Waals surface area (Å²) in [5.74, 6) is 0.856. The Labute approximate surface area is 80.4 Å². The number of aromatic nitrogens is 1. The Morgan fingerprint density at radius 1 is 1.31 bits per heavy atom. The lowest BCUT2D eigenvalue weighted by Gasteiger charge is -2.13. The van der Waals surface area contributed by atoms with Crippen molar-refractivity contribution in [3.63, 3.8) is 0 Å². The molecule has 1 saturated carbocycles. The van der Waals surface area contributed by atoms with Gasteiger partial charge in [0.2, 0.25) is 0 Å². The Morgan fingerprint density at radius 2 is 2.00 bits per heavy atom. The summed E-state index contributed by atoms with van der Waals surface area (Å²) in [4.78, 5) is 0. The van der Waals surface area contributed by atoms with Gasteiger partial charge in [0.15, 0.2) is 17.9 Å². The predicted octanol–water partition coefficient (Wildman–Crippen LogP) is 2.61. The molecule has 0 unspecified atom stereocenters. The molecule has 2 rings (SSSR count). The third-order valence-corrected chi connectivity index (χ3v) is 2.65. The van der Waals surface area contributed by atoms with Gasteiger partial charge in [0.05, 0.1) is 0 Å². The zero-order valence-electron chi connectivity index (χ0n) is 8.75. The Bertz CT molecular complexity index is 305. The van der Waals surface area contributed by atoms with E-state index in [1.165, 1.54) is 18.4 Å². The molecule has 0 N–H and O–H groups in total. The van der Waals surface area contributed by atoms with E-state index in [4.69, 9.17) is 0 Å². The minimum absolute atomic E-state index is 0.213. The molecule has 0 bridgehead atoms. The summed E-state index contributed by atoms with van der Waals surface area (Å²) in [6, 6.07) is 4.42. The highest BCUT2D eigenvalue weighted by molar-refractivity contribution is 5.17. The second-order valence-corrected chi connectivity index (χ2v) is 4.99. The first-order valence-electron chi connectivity index (χ1n) is 5.09. The van der Waals surface area contributed by atoms with Crippen LogP contribution in [0.15, 0.2) is 24.5 Å². The average molecular weight is 176 g/mol. The van der Waals surface area contributed by atoms with E-state index in [-0.39, 0.29) is 5.54 Å². The van der Waals surface area contributed by atoms with Crippen LogP contribution in [0, 0.1) is 0 Å². The molecule has 1 aromatic rings. The maximum absolute atomic E-state index is 2.31. The van der Waals surface area contributed by atoms with E-state index in [2.05, 4.69) is 49.9 Å². The Kier molecular flexibility index (Phi) is 1.90. The lowest BCUT2D eigenvalue weighted by Crippen LogP contribution is -2.49. The van der Waals surface area contributed by atoms with Crippen LogP contribution in [0.4, 0.5) is 0 Å². The second-order valence-electron chi connectivity index (χ2n) is 4.99. The fourth-order valence-electron chi connectivity index (χ4n) is 1.57. The molecule has 13 heavy (non-hydrogen) atoms. The molecular formula is C12H18N+. The maximum Gasteiger partial charge on any atom is 0.172 e. The van der Waals surface area contributed by atoms with Crippen LogP contribution in [-0.4, -0.2) is 0 Å². The van der Waals surface area contributed by atoms with E-state index in [1.54, 1.807) is 0 Å². The predicted molar refractivity (Wildman–Crippen MR) is 53.6 cm³/mol. The van der Waals surface area contributed by atoms with Crippen LogP contribution in [-0.2, 0) is 5.54 Å². The van der Waals surface area contributed by atoms with Crippen LogP contribution in [0.3, 0.4) is 0 Å². The lowest BCUT2D eigenvalue weighted by atomic mass is 10.1. The van der Waals surface area contributed by atoms with Gasteiger partial charge in [-0.1, -0.05) is 0 Å². The Morgan fingerprint density at radius 3 is 2.54 bits per heavy atom. The summed E-state index contributed by atoms with van der Waals surface area (Å²) in [6.07, 6.45) is 7.23. The minimum Gasteiger partial charge on any atom is -0.200 e. The average Bonchev–Trinajstić information content (AvgIpc) is 2.85. The van der Waals surface area contributed by atoms with Crippen molar-refractivity contribution in [3.05, 3.63) is 30.1 Å². The molecule has 1 heterocycles. The van der Waals surface area contributed by atoms with Crippen LogP contribution in [0.1, 0.15) is 45.1 Å². The van der Waals surface area contributed by atoms with Gasteiger partial charge >= 0.3 is 0 Å². The van der Waals surface area contributed by atoms with Crippen molar-refractivity contribution in [3.8, 4) is 0 Å². The fraction of sp³-hybridized carbons (Fsp3) is 0.583. The second kappa shape index (κ2) is 2.83. The lowest BCUT2D eigenvalue weighted by molar-refractivity contribution is -0.754. The van der Waals surface area contributed by atoms with Gasteiger partial charge in [0.25, 0.3) is 0 Å². The molecular weight excluding hydrogens is 158 g/mol. The van der Waals surface area contributed by atoms with Crippen LogP contribution < -0.4 is 4.57 Å². The van der Waals surface area contributed by atoms with Gasteiger partial charge in [-0.2, -0.15) is 0 Å². The van der Waals surface area contributed by atoms with Crippen LogP contribution in [0.2, 0.25) is 0 Å². The first kappa shape index (κ1) is 8.74. The molecule has 0 aromatic carbocycles. The molecule has 1 aliphatic carbocycles. The highest BCUT2D eigenvalue weighted by Gasteiger charge is 2.28. The SMILES string of the molecule is CC(C)(C)[n+]1cccc(C2CC2)c1. The van der Waals surface area contributed by atoms with E-state index in [9.17, 15) is 0 Å². The molecule has 1 aliphatic rings. The molecule has 70 valence electrons. The molecule has 0 atom stereocenters. The zero-order chi connectivity index (χ0) is 9.47. The van der Waals surface area contributed by atoms with Gasteiger partial charge in [-0.15, -0.1) is 0 Å². The van der Waals surface area contributed by atoms with Crippen molar-refractivity contribution in [1.82, 2.24) is 0 Å². The van der Waals surface area contributed by atoms with Crippen molar-refractivity contribution in [2.24, 2.45) is 0 Å². The van der Waals surface area contributed by atoms with Gasteiger partial charge < -0.3 is 0 Å². The quantitative estimate of drug-likeness (QED) is 0.579. The fourth-order valence-corrected chi connectivity index (χ4v) is 1.57. The molecule has 0 saturated heterocycles. The third-order valence-electron chi connectivity index (χ3n) is 2.65. The molecule has 0 radical (unpaired) electrons. The number of pyridine rings is 1. The molecule has 1 fully saturated rings. The summed E-state index contributed by atoms with van der Waals surface area (Å²) in [6.45, 7) is 6.72. The van der Waals surface area contributed by atoms with Gasteiger partial charge in [-0.3, -0.25) is 0 Å². The van der Waals surface area contributed by atoms with Crippen molar-refractivity contribution >= 4 is 0 Å².